The molecule has 0 aliphatic heterocycles. The third-order valence-corrected chi connectivity index (χ3v) is 3.30. The van der Waals surface area contributed by atoms with Crippen molar-refractivity contribution >= 4 is 28.9 Å². The molecular formula is C16H17ClN2O2. The van der Waals surface area contributed by atoms with Crippen LogP contribution < -0.4 is 10.2 Å². The highest BCUT2D eigenvalue weighted by Gasteiger charge is 2.12. The van der Waals surface area contributed by atoms with Crippen molar-refractivity contribution in [1.29, 1.82) is 0 Å². The van der Waals surface area contributed by atoms with Crippen LogP contribution in [0.1, 0.15) is 0 Å². The summed E-state index contributed by atoms with van der Waals surface area (Å²) in [7, 11) is 0. The molecule has 4 nitrogen and oxygen atoms in total. The first-order valence-corrected chi connectivity index (χ1v) is 7.03. The van der Waals surface area contributed by atoms with Crippen molar-refractivity contribution in [3.63, 3.8) is 0 Å². The maximum Gasteiger partial charge on any atom is 0.243 e. The fourth-order valence-corrected chi connectivity index (χ4v) is 2.17. The number of halogens is 1. The summed E-state index contributed by atoms with van der Waals surface area (Å²) < 4.78 is 0. The van der Waals surface area contributed by atoms with E-state index in [4.69, 9.17) is 16.7 Å². The Balaban J connectivity index is 2.04. The van der Waals surface area contributed by atoms with Crippen LogP contribution in [0.4, 0.5) is 11.4 Å². The Morgan fingerprint density at radius 1 is 1.10 bits per heavy atom. The molecule has 0 aliphatic rings. The zero-order chi connectivity index (χ0) is 15.1. The minimum Gasteiger partial charge on any atom is -0.395 e. The van der Waals surface area contributed by atoms with Gasteiger partial charge in [-0.2, -0.15) is 0 Å². The predicted molar refractivity (Wildman–Crippen MR) is 85.8 cm³/mol. The zero-order valence-corrected chi connectivity index (χ0v) is 12.3. The van der Waals surface area contributed by atoms with Gasteiger partial charge in [0, 0.05) is 12.2 Å². The summed E-state index contributed by atoms with van der Waals surface area (Å²) in [4.78, 5) is 13.9. The normalized spacial score (nSPS) is 10.2. The largest absolute Gasteiger partial charge is 0.395 e. The van der Waals surface area contributed by atoms with E-state index in [0.717, 1.165) is 5.69 Å². The van der Waals surface area contributed by atoms with E-state index in [1.807, 2.05) is 41.3 Å². The number of carbonyl (C=O) groups is 1. The first-order chi connectivity index (χ1) is 10.2. The van der Waals surface area contributed by atoms with E-state index in [2.05, 4.69) is 5.32 Å². The number of anilines is 2. The van der Waals surface area contributed by atoms with Crippen LogP contribution in [0, 0.1) is 0 Å². The molecule has 0 saturated carbocycles. The van der Waals surface area contributed by atoms with Gasteiger partial charge in [0.15, 0.2) is 0 Å². The fourth-order valence-electron chi connectivity index (χ4n) is 1.98. The van der Waals surface area contributed by atoms with E-state index < -0.39 is 0 Å². The summed E-state index contributed by atoms with van der Waals surface area (Å²) in [6.45, 7) is 0.518. The van der Waals surface area contributed by atoms with Crippen molar-refractivity contribution in [1.82, 2.24) is 0 Å². The van der Waals surface area contributed by atoms with E-state index in [-0.39, 0.29) is 19.1 Å². The van der Waals surface area contributed by atoms with Crippen LogP contribution in [0.2, 0.25) is 5.02 Å². The molecule has 0 bridgehead atoms. The Hall–Kier alpha value is -2.04. The average Bonchev–Trinajstić information content (AvgIpc) is 2.50. The molecule has 0 spiro atoms. The number of para-hydroxylation sites is 2. The summed E-state index contributed by atoms with van der Waals surface area (Å²) in [5.74, 6) is -0.180. The van der Waals surface area contributed by atoms with Gasteiger partial charge in [-0.3, -0.25) is 4.79 Å². The molecule has 0 radical (unpaired) electrons. The van der Waals surface area contributed by atoms with Gasteiger partial charge in [-0.15, -0.1) is 0 Å². The number of benzene rings is 2. The van der Waals surface area contributed by atoms with Crippen LogP contribution in [0.25, 0.3) is 0 Å². The van der Waals surface area contributed by atoms with Crippen LogP contribution in [-0.4, -0.2) is 30.7 Å². The van der Waals surface area contributed by atoms with E-state index in [1.165, 1.54) is 0 Å². The van der Waals surface area contributed by atoms with Gasteiger partial charge in [0.2, 0.25) is 5.91 Å². The molecule has 2 rings (SSSR count). The number of nitrogens with one attached hydrogen (secondary N) is 1. The molecule has 2 aromatic carbocycles. The van der Waals surface area contributed by atoms with Gasteiger partial charge in [0.05, 0.1) is 23.9 Å². The van der Waals surface area contributed by atoms with Crippen LogP contribution >= 0.6 is 11.6 Å². The van der Waals surface area contributed by atoms with E-state index >= 15 is 0 Å². The Morgan fingerprint density at radius 2 is 1.76 bits per heavy atom. The minimum atomic E-state index is -0.180. The highest BCUT2D eigenvalue weighted by molar-refractivity contribution is 6.33. The average molecular weight is 305 g/mol. The summed E-state index contributed by atoms with van der Waals surface area (Å²) in [6.07, 6.45) is 0. The lowest BCUT2D eigenvalue weighted by atomic mass is 10.2. The molecule has 110 valence electrons. The smallest absolute Gasteiger partial charge is 0.243 e. The Labute approximate surface area is 129 Å². The minimum absolute atomic E-state index is 0.0196. The third kappa shape index (κ3) is 4.48. The second-order valence-corrected chi connectivity index (χ2v) is 4.92. The topological polar surface area (TPSA) is 52.6 Å². The van der Waals surface area contributed by atoms with Crippen LogP contribution in [-0.2, 0) is 4.79 Å². The molecule has 0 heterocycles. The van der Waals surface area contributed by atoms with Gasteiger partial charge in [-0.05, 0) is 24.3 Å². The summed E-state index contributed by atoms with van der Waals surface area (Å²) >= 11 is 6.01. The highest BCUT2D eigenvalue weighted by Crippen LogP contribution is 2.20. The highest BCUT2D eigenvalue weighted by atomic mass is 35.5. The second-order valence-electron chi connectivity index (χ2n) is 4.51. The molecule has 21 heavy (non-hydrogen) atoms. The van der Waals surface area contributed by atoms with Crippen molar-refractivity contribution < 1.29 is 9.90 Å². The monoisotopic (exact) mass is 304 g/mol. The van der Waals surface area contributed by atoms with Crippen molar-refractivity contribution in [2.45, 2.75) is 0 Å². The SMILES string of the molecule is O=C(CN(CCO)c1ccccc1)Nc1ccccc1Cl. The van der Waals surface area contributed by atoms with Crippen molar-refractivity contribution in [2.75, 3.05) is 29.9 Å². The molecular weight excluding hydrogens is 288 g/mol. The van der Waals surface area contributed by atoms with Gasteiger partial charge in [0.25, 0.3) is 0 Å². The number of hydrogen-bond donors (Lipinski definition) is 2. The van der Waals surface area contributed by atoms with Gasteiger partial charge in [0.1, 0.15) is 0 Å². The van der Waals surface area contributed by atoms with Crippen molar-refractivity contribution in [3.8, 4) is 0 Å². The van der Waals surface area contributed by atoms with Gasteiger partial charge in [-0.1, -0.05) is 41.9 Å². The number of amides is 1. The number of hydrogen-bond acceptors (Lipinski definition) is 3. The molecule has 5 heteroatoms. The second kappa shape index (κ2) is 7.67. The lowest BCUT2D eigenvalue weighted by Crippen LogP contribution is -2.35. The molecule has 2 N–H and O–H groups in total. The molecule has 2 aromatic rings. The Kier molecular flexibility index (Phi) is 5.60. The molecule has 0 saturated heterocycles. The Bertz CT molecular complexity index is 590. The number of aliphatic hydroxyl groups excluding tert-OH is 1. The number of carbonyl (C=O) groups excluding carboxylic acids is 1. The summed E-state index contributed by atoms with van der Waals surface area (Å²) in [6, 6.07) is 16.6. The van der Waals surface area contributed by atoms with Crippen LogP contribution in [0.15, 0.2) is 54.6 Å². The van der Waals surface area contributed by atoms with Gasteiger partial charge >= 0.3 is 0 Å². The molecule has 0 aromatic heterocycles. The lowest BCUT2D eigenvalue weighted by Gasteiger charge is -2.23. The fraction of sp³-hybridized carbons (Fsp3) is 0.188. The van der Waals surface area contributed by atoms with Crippen molar-refractivity contribution in [3.05, 3.63) is 59.6 Å². The number of aliphatic hydroxyl groups is 1. The first kappa shape index (κ1) is 15.4. The van der Waals surface area contributed by atoms with Crippen molar-refractivity contribution in [2.24, 2.45) is 0 Å². The summed E-state index contributed by atoms with van der Waals surface area (Å²) in [5.41, 5.74) is 1.47. The molecule has 0 aliphatic carbocycles. The van der Waals surface area contributed by atoms with Gasteiger partial charge < -0.3 is 15.3 Å². The standard InChI is InChI=1S/C16H17ClN2O2/c17-14-8-4-5-9-15(14)18-16(21)12-19(10-11-20)13-6-2-1-3-7-13/h1-9,20H,10-12H2,(H,18,21). The van der Waals surface area contributed by atoms with E-state index in [9.17, 15) is 4.79 Å². The first-order valence-electron chi connectivity index (χ1n) is 6.66. The summed E-state index contributed by atoms with van der Waals surface area (Å²) in [5, 5.41) is 12.4. The molecule has 0 fully saturated rings. The quantitative estimate of drug-likeness (QED) is 0.863. The maximum absolute atomic E-state index is 12.1. The Morgan fingerprint density at radius 3 is 2.43 bits per heavy atom. The van der Waals surface area contributed by atoms with E-state index in [1.54, 1.807) is 18.2 Å². The van der Waals surface area contributed by atoms with Crippen LogP contribution in [0.3, 0.4) is 0 Å². The molecule has 0 unspecified atom stereocenters. The lowest BCUT2D eigenvalue weighted by molar-refractivity contribution is -0.115. The van der Waals surface area contributed by atoms with Gasteiger partial charge in [-0.25, -0.2) is 0 Å². The number of rotatable bonds is 6. The predicted octanol–water partition coefficient (Wildman–Crippen LogP) is 2.78. The van der Waals surface area contributed by atoms with E-state index in [0.29, 0.717) is 17.3 Å². The molecule has 0 atom stereocenters. The maximum atomic E-state index is 12.1. The number of nitrogens with zero attached hydrogens (tertiary/aromatic N) is 1. The zero-order valence-electron chi connectivity index (χ0n) is 11.5. The molecule has 1 amide bonds. The van der Waals surface area contributed by atoms with Crippen LogP contribution in [0.5, 0.6) is 0 Å². The third-order valence-electron chi connectivity index (χ3n) is 2.97.